The number of hydrogen-bond donors (Lipinski definition) is 6. The van der Waals surface area contributed by atoms with Crippen LogP contribution >= 0.6 is 0 Å². The van der Waals surface area contributed by atoms with Crippen LogP contribution in [0.25, 0.3) is 0 Å². The number of unbranched alkanes of at least 4 members (excludes halogenated alkanes) is 42. The van der Waals surface area contributed by atoms with Gasteiger partial charge < -0.3 is 45.1 Å². The smallest absolute Gasteiger partial charge is 0.306 e. The molecule has 0 aliphatic carbocycles. The van der Waals surface area contributed by atoms with Gasteiger partial charge in [-0.2, -0.15) is 0 Å². The van der Waals surface area contributed by atoms with E-state index in [1.807, 2.05) is 6.08 Å². The van der Waals surface area contributed by atoms with Gasteiger partial charge in [-0.3, -0.25) is 9.59 Å². The normalized spacial score (nSPS) is 19.0. The highest BCUT2D eigenvalue weighted by atomic mass is 16.7. The van der Waals surface area contributed by atoms with Gasteiger partial charge in [0.15, 0.2) is 12.4 Å². The number of carbonyl (C=O) groups is 2. The maximum atomic E-state index is 13.4. The van der Waals surface area contributed by atoms with Gasteiger partial charge in [0.05, 0.1) is 25.4 Å². The molecule has 0 saturated carbocycles. The highest BCUT2D eigenvalue weighted by molar-refractivity contribution is 5.80. The molecule has 460 valence electrons. The maximum Gasteiger partial charge on any atom is 0.306 e. The zero-order valence-electron chi connectivity index (χ0n) is 51.1. The van der Waals surface area contributed by atoms with Gasteiger partial charge >= 0.3 is 5.97 Å². The second-order valence-corrected chi connectivity index (χ2v) is 23.6. The van der Waals surface area contributed by atoms with Crippen molar-refractivity contribution in [3.63, 3.8) is 0 Å². The van der Waals surface area contributed by atoms with Crippen LogP contribution in [-0.2, 0) is 23.8 Å². The molecular formula is C67H127NO10. The molecule has 0 radical (unpaired) electrons. The first kappa shape index (κ1) is 74.2. The van der Waals surface area contributed by atoms with Crippen molar-refractivity contribution in [1.29, 1.82) is 0 Å². The van der Waals surface area contributed by atoms with Crippen LogP contribution in [0, 0.1) is 0 Å². The number of aliphatic hydroxyl groups is 5. The van der Waals surface area contributed by atoms with Crippen molar-refractivity contribution in [2.75, 3.05) is 13.2 Å². The lowest BCUT2D eigenvalue weighted by Gasteiger charge is -2.41. The second kappa shape index (κ2) is 55.7. The topological polar surface area (TPSA) is 175 Å². The molecule has 1 heterocycles. The molecule has 11 heteroatoms. The predicted octanol–water partition coefficient (Wildman–Crippen LogP) is 16.5. The number of nitrogens with one attached hydrogen (secondary N) is 1. The third-order valence-corrected chi connectivity index (χ3v) is 16.1. The lowest BCUT2D eigenvalue weighted by molar-refractivity contribution is -0.305. The summed E-state index contributed by atoms with van der Waals surface area (Å²) in [7, 11) is 0. The Hall–Kier alpha value is -1.86. The Bertz CT molecular complexity index is 1360. The first-order chi connectivity index (χ1) is 38.2. The Labute approximate surface area is 480 Å². The molecule has 6 N–H and O–H groups in total. The summed E-state index contributed by atoms with van der Waals surface area (Å²) >= 11 is 0. The molecule has 1 fully saturated rings. The average molecular weight is 1110 g/mol. The van der Waals surface area contributed by atoms with Crippen molar-refractivity contribution in [2.24, 2.45) is 0 Å². The van der Waals surface area contributed by atoms with E-state index in [0.29, 0.717) is 12.8 Å². The van der Waals surface area contributed by atoms with E-state index >= 15 is 0 Å². The average Bonchev–Trinajstić information content (AvgIpc) is 3.45. The first-order valence-corrected chi connectivity index (χ1v) is 33.6. The molecule has 1 aliphatic rings. The van der Waals surface area contributed by atoms with Crippen molar-refractivity contribution < 1.29 is 49.3 Å². The molecule has 0 aromatic rings. The van der Waals surface area contributed by atoms with Gasteiger partial charge in [-0.15, -0.1) is 0 Å². The molecule has 1 rings (SSSR count). The van der Waals surface area contributed by atoms with Gasteiger partial charge in [0.2, 0.25) is 5.91 Å². The monoisotopic (exact) mass is 1110 g/mol. The van der Waals surface area contributed by atoms with Crippen LogP contribution in [0.4, 0.5) is 0 Å². The summed E-state index contributed by atoms with van der Waals surface area (Å²) in [6.45, 7) is 5.81. The van der Waals surface area contributed by atoms with Crippen molar-refractivity contribution in [3.8, 4) is 0 Å². The summed E-state index contributed by atoms with van der Waals surface area (Å²) in [5.41, 5.74) is 0. The lowest BCUT2D eigenvalue weighted by atomic mass is 9.99. The van der Waals surface area contributed by atoms with Crippen molar-refractivity contribution >= 4 is 11.9 Å². The number of allylic oxidation sites excluding steroid dienone is 3. The van der Waals surface area contributed by atoms with Crippen LogP contribution in [0.1, 0.15) is 329 Å². The van der Waals surface area contributed by atoms with Crippen LogP contribution in [0.5, 0.6) is 0 Å². The van der Waals surface area contributed by atoms with Crippen molar-refractivity contribution in [1.82, 2.24) is 5.32 Å². The first-order valence-electron chi connectivity index (χ1n) is 33.6. The minimum atomic E-state index is -1.61. The fraction of sp³-hybridized carbons (Fsp3) is 0.910. The Morgan fingerprint density at radius 1 is 0.487 bits per heavy atom. The SMILES string of the molecule is CCCCCC/C=C\CCCCCCCCC(O)C(=O)NC(COC1OC(CO)C(O)C(O)C1OC(=O)CCCCCCCCCCCCCCCCCCCCCCCCC)C(O)/C=C/CCCCCCCCCCCC. The molecule has 78 heavy (non-hydrogen) atoms. The van der Waals surface area contributed by atoms with Gasteiger partial charge in [-0.05, 0) is 51.4 Å². The molecule has 0 aromatic heterocycles. The Balaban J connectivity index is 2.58. The largest absolute Gasteiger partial charge is 0.454 e. The quantitative estimate of drug-likeness (QED) is 0.0195. The number of hydrogen-bond acceptors (Lipinski definition) is 10. The van der Waals surface area contributed by atoms with E-state index in [1.54, 1.807) is 6.08 Å². The van der Waals surface area contributed by atoms with E-state index in [9.17, 15) is 35.1 Å². The predicted molar refractivity (Wildman–Crippen MR) is 324 cm³/mol. The van der Waals surface area contributed by atoms with Gasteiger partial charge in [0.25, 0.3) is 0 Å². The number of rotatable bonds is 58. The van der Waals surface area contributed by atoms with Crippen LogP contribution in [0.3, 0.4) is 0 Å². The van der Waals surface area contributed by atoms with E-state index in [4.69, 9.17) is 14.2 Å². The van der Waals surface area contributed by atoms with Crippen molar-refractivity contribution in [3.05, 3.63) is 24.3 Å². The number of amides is 1. The van der Waals surface area contributed by atoms with E-state index in [2.05, 4.69) is 38.2 Å². The summed E-state index contributed by atoms with van der Waals surface area (Å²) in [5, 5.41) is 57.0. The van der Waals surface area contributed by atoms with E-state index in [-0.39, 0.29) is 19.4 Å². The third-order valence-electron chi connectivity index (χ3n) is 16.1. The molecule has 0 aromatic carbocycles. The molecule has 11 nitrogen and oxygen atoms in total. The number of ether oxygens (including phenoxy) is 3. The van der Waals surface area contributed by atoms with Crippen LogP contribution in [0.2, 0.25) is 0 Å². The Morgan fingerprint density at radius 2 is 0.846 bits per heavy atom. The molecule has 8 unspecified atom stereocenters. The van der Waals surface area contributed by atoms with Gasteiger partial charge in [0.1, 0.15) is 24.4 Å². The van der Waals surface area contributed by atoms with Gasteiger partial charge in [-0.1, -0.05) is 295 Å². The van der Waals surface area contributed by atoms with Crippen LogP contribution in [-0.4, -0.2) is 99.6 Å². The van der Waals surface area contributed by atoms with E-state index < -0.39 is 67.4 Å². The molecular weight excluding hydrogens is 979 g/mol. The molecule has 0 bridgehead atoms. The zero-order valence-corrected chi connectivity index (χ0v) is 51.1. The molecule has 1 saturated heterocycles. The summed E-state index contributed by atoms with van der Waals surface area (Å²) in [5.74, 6) is -1.18. The molecule has 1 amide bonds. The van der Waals surface area contributed by atoms with Crippen LogP contribution < -0.4 is 5.32 Å². The van der Waals surface area contributed by atoms with Gasteiger partial charge in [-0.25, -0.2) is 0 Å². The lowest BCUT2D eigenvalue weighted by Crippen LogP contribution is -2.61. The highest BCUT2D eigenvalue weighted by Crippen LogP contribution is 2.26. The van der Waals surface area contributed by atoms with Gasteiger partial charge in [0, 0.05) is 6.42 Å². The maximum absolute atomic E-state index is 13.4. The number of aliphatic hydroxyl groups excluding tert-OH is 5. The Morgan fingerprint density at radius 3 is 1.26 bits per heavy atom. The minimum Gasteiger partial charge on any atom is -0.454 e. The molecule has 0 spiro atoms. The summed E-state index contributed by atoms with van der Waals surface area (Å²) in [4.78, 5) is 26.6. The zero-order chi connectivity index (χ0) is 56.8. The fourth-order valence-corrected chi connectivity index (χ4v) is 10.8. The third kappa shape index (κ3) is 42.9. The minimum absolute atomic E-state index is 0.130. The standard InChI is InChI=1S/C67H127NO10/c1-4-7-10-13-16-19-22-25-27-28-29-30-31-32-33-34-35-37-40-43-46-49-52-55-62(72)78-65-64(74)63(73)61(56-69)77-67(65)76-57-58(59(70)53-50-47-44-41-38-24-21-18-15-12-9-6-3)68-66(75)60(71)54-51-48-45-42-39-36-26-23-20-17-14-11-8-5-2/h20,23,50,53,58-61,63-65,67,69-71,73-74H,4-19,21-22,24-49,51-52,54-57H2,1-3H3,(H,68,75)/b23-20-,53-50+. The summed E-state index contributed by atoms with van der Waals surface area (Å²) in [6, 6.07) is -1.02. The molecule has 1 aliphatic heterocycles. The van der Waals surface area contributed by atoms with Crippen LogP contribution in [0.15, 0.2) is 24.3 Å². The van der Waals surface area contributed by atoms with E-state index in [0.717, 1.165) is 70.6 Å². The fourth-order valence-electron chi connectivity index (χ4n) is 10.8. The molecule has 8 atom stereocenters. The highest BCUT2D eigenvalue weighted by Gasteiger charge is 2.47. The van der Waals surface area contributed by atoms with Crippen molar-refractivity contribution in [2.45, 2.75) is 378 Å². The number of esters is 1. The number of carbonyl (C=O) groups excluding carboxylic acids is 2. The summed E-state index contributed by atoms with van der Waals surface area (Å²) in [6.07, 6.45) is 55.1. The second-order valence-electron chi connectivity index (χ2n) is 23.6. The van der Waals surface area contributed by atoms with E-state index in [1.165, 1.54) is 212 Å². The summed E-state index contributed by atoms with van der Waals surface area (Å²) < 4.78 is 17.7. The Kier molecular flexibility index (Phi) is 52.9.